The van der Waals surface area contributed by atoms with E-state index < -0.39 is 5.91 Å². The van der Waals surface area contributed by atoms with E-state index in [1.54, 1.807) is 10.5 Å². The molecular weight excluding hydrogens is 381 g/mol. The van der Waals surface area contributed by atoms with E-state index in [0.717, 1.165) is 5.56 Å². The van der Waals surface area contributed by atoms with Gasteiger partial charge in [-0.2, -0.15) is 0 Å². The Morgan fingerprint density at radius 2 is 2.24 bits per heavy atom. The number of hydrogen-bond donors (Lipinski definition) is 2. The van der Waals surface area contributed by atoms with Crippen LogP contribution in [0.5, 0.6) is 5.75 Å². The van der Waals surface area contributed by atoms with Crippen molar-refractivity contribution in [1.82, 2.24) is 24.7 Å². The monoisotopic (exact) mass is 395 g/mol. The highest BCUT2D eigenvalue weighted by Crippen LogP contribution is 2.30. The number of carbonyl (C=O) groups excluding carboxylic acids is 1. The van der Waals surface area contributed by atoms with E-state index in [2.05, 4.69) is 31.0 Å². The first-order valence-electron chi connectivity index (χ1n) is 8.78. The molecule has 0 bridgehead atoms. The minimum atomic E-state index is -0.489. The maximum Gasteiger partial charge on any atom is 0.294 e. The summed E-state index contributed by atoms with van der Waals surface area (Å²) in [4.78, 5) is 16.5. The van der Waals surface area contributed by atoms with Crippen molar-refractivity contribution in [3.05, 3.63) is 59.6 Å². The van der Waals surface area contributed by atoms with Crippen LogP contribution in [0, 0.1) is 5.82 Å². The summed E-state index contributed by atoms with van der Waals surface area (Å²) in [5.74, 6) is 0.365. The topological polar surface area (TPSA) is 119 Å². The summed E-state index contributed by atoms with van der Waals surface area (Å²) in [6.45, 7) is 0.752. The van der Waals surface area contributed by atoms with Gasteiger partial charge in [-0.1, -0.05) is 5.16 Å². The van der Waals surface area contributed by atoms with Crippen LogP contribution in [0.3, 0.4) is 0 Å². The van der Waals surface area contributed by atoms with Crippen molar-refractivity contribution in [2.45, 2.75) is 13.0 Å². The van der Waals surface area contributed by atoms with E-state index in [1.165, 1.54) is 30.9 Å². The van der Waals surface area contributed by atoms with Crippen LogP contribution in [0.25, 0.3) is 5.65 Å². The Hall–Kier alpha value is -4.02. The van der Waals surface area contributed by atoms with Gasteiger partial charge in [0.25, 0.3) is 5.91 Å². The molecule has 4 heterocycles. The van der Waals surface area contributed by atoms with Crippen molar-refractivity contribution in [3.8, 4) is 5.75 Å². The molecule has 10 nitrogen and oxygen atoms in total. The molecule has 0 radical (unpaired) electrons. The highest BCUT2D eigenvalue weighted by Gasteiger charge is 2.20. The average molecular weight is 395 g/mol. The normalized spacial score (nSPS) is 12.6. The number of nitrogens with zero attached hydrogens (tertiary/aromatic N) is 5. The molecule has 4 aromatic rings. The van der Waals surface area contributed by atoms with Gasteiger partial charge < -0.3 is 19.9 Å². The Kier molecular flexibility index (Phi) is 4.04. The van der Waals surface area contributed by atoms with Crippen LogP contribution in [-0.4, -0.2) is 37.3 Å². The lowest BCUT2D eigenvalue weighted by Crippen LogP contribution is -2.14. The first-order chi connectivity index (χ1) is 14.2. The summed E-state index contributed by atoms with van der Waals surface area (Å²) in [5.41, 5.74) is 2.10. The molecule has 1 aliphatic rings. The number of aromatic nitrogens is 5. The molecule has 1 aliphatic heterocycles. The van der Waals surface area contributed by atoms with Crippen LogP contribution >= 0.6 is 0 Å². The van der Waals surface area contributed by atoms with Gasteiger partial charge in [-0.05, 0) is 12.1 Å². The van der Waals surface area contributed by atoms with Crippen LogP contribution < -0.4 is 15.4 Å². The first-order valence-corrected chi connectivity index (χ1v) is 8.78. The third-order valence-corrected chi connectivity index (χ3v) is 4.61. The lowest BCUT2D eigenvalue weighted by molar-refractivity contribution is 0.0988. The minimum absolute atomic E-state index is 0.0560. The molecule has 0 unspecified atom stereocenters. The molecule has 11 heteroatoms. The minimum Gasteiger partial charge on any atom is -0.493 e. The Balaban J connectivity index is 1.41. The van der Waals surface area contributed by atoms with E-state index >= 15 is 0 Å². The van der Waals surface area contributed by atoms with Gasteiger partial charge in [0.1, 0.15) is 23.6 Å². The fourth-order valence-electron chi connectivity index (χ4n) is 3.23. The van der Waals surface area contributed by atoms with Gasteiger partial charge in [0.2, 0.25) is 11.7 Å². The average Bonchev–Trinajstić information content (AvgIpc) is 3.48. The predicted molar refractivity (Wildman–Crippen MR) is 98.2 cm³/mol. The first kappa shape index (κ1) is 17.1. The number of halogens is 1. The third-order valence-electron chi connectivity index (χ3n) is 4.61. The Bertz CT molecular complexity index is 1210. The molecular formula is C18H14FN7O3. The smallest absolute Gasteiger partial charge is 0.294 e. The molecule has 0 fully saturated rings. The molecule has 0 atom stereocenters. The standard InChI is InChI=1S/C18H14FN7O3/c19-12-1-2-14-10(4-6-28-14)11(12)7-20-18-21-8-13(16-25-22-9-26(16)18)24-17(27)15-3-5-23-29-15/h1-3,5,8-9H,4,6-7H2,(H,20,21)(H,24,27). The van der Waals surface area contributed by atoms with Gasteiger partial charge in [0.15, 0.2) is 5.65 Å². The zero-order chi connectivity index (χ0) is 19.8. The largest absolute Gasteiger partial charge is 0.493 e. The zero-order valence-electron chi connectivity index (χ0n) is 14.9. The van der Waals surface area contributed by atoms with E-state index in [0.29, 0.717) is 41.6 Å². The molecule has 3 aromatic heterocycles. The van der Waals surface area contributed by atoms with Crippen molar-refractivity contribution < 1.29 is 18.4 Å². The summed E-state index contributed by atoms with van der Waals surface area (Å²) in [5, 5.41) is 17.2. The summed E-state index contributed by atoms with van der Waals surface area (Å²) in [6.07, 6.45) is 4.92. The van der Waals surface area contributed by atoms with Gasteiger partial charge in [0.05, 0.1) is 19.0 Å². The second kappa shape index (κ2) is 6.86. The molecule has 0 spiro atoms. The molecule has 5 rings (SSSR count). The number of carbonyl (C=O) groups is 1. The number of fused-ring (bicyclic) bond motifs is 2. The fourth-order valence-corrected chi connectivity index (χ4v) is 3.23. The summed E-state index contributed by atoms with van der Waals surface area (Å²) >= 11 is 0. The number of benzene rings is 1. The second-order valence-corrected chi connectivity index (χ2v) is 6.31. The third kappa shape index (κ3) is 3.02. The van der Waals surface area contributed by atoms with Gasteiger partial charge in [-0.15, -0.1) is 10.2 Å². The Morgan fingerprint density at radius 1 is 1.31 bits per heavy atom. The number of nitrogens with one attached hydrogen (secondary N) is 2. The van der Waals surface area contributed by atoms with Crippen LogP contribution in [-0.2, 0) is 13.0 Å². The number of rotatable bonds is 5. The summed E-state index contributed by atoms with van der Waals surface area (Å²) in [6, 6.07) is 4.48. The maximum atomic E-state index is 14.3. The second-order valence-electron chi connectivity index (χ2n) is 6.31. The molecule has 0 aliphatic carbocycles. The SMILES string of the molecule is O=C(Nc1cnc(NCc2c(F)ccc3c2CCO3)n2cnnc12)c1ccno1. The lowest BCUT2D eigenvalue weighted by Gasteiger charge is -2.12. The number of ether oxygens (including phenoxy) is 1. The van der Waals surface area contributed by atoms with Gasteiger partial charge in [-0.25, -0.2) is 13.8 Å². The van der Waals surface area contributed by atoms with E-state index in [1.807, 2.05) is 0 Å². The molecule has 2 N–H and O–H groups in total. The maximum absolute atomic E-state index is 14.3. The van der Waals surface area contributed by atoms with Crippen molar-refractivity contribution in [1.29, 1.82) is 0 Å². The fraction of sp³-hybridized carbons (Fsp3) is 0.167. The van der Waals surface area contributed by atoms with Crippen LogP contribution in [0.2, 0.25) is 0 Å². The molecule has 1 aromatic carbocycles. The van der Waals surface area contributed by atoms with E-state index in [4.69, 9.17) is 9.26 Å². The molecule has 146 valence electrons. The van der Waals surface area contributed by atoms with Gasteiger partial charge in [-0.3, -0.25) is 4.79 Å². The lowest BCUT2D eigenvalue weighted by atomic mass is 10.0. The quantitative estimate of drug-likeness (QED) is 0.527. The van der Waals surface area contributed by atoms with E-state index in [-0.39, 0.29) is 18.1 Å². The van der Waals surface area contributed by atoms with Crippen LogP contribution in [0.15, 0.2) is 41.4 Å². The zero-order valence-corrected chi connectivity index (χ0v) is 14.9. The summed E-state index contributed by atoms with van der Waals surface area (Å²) < 4.78 is 26.2. The molecule has 29 heavy (non-hydrogen) atoms. The van der Waals surface area contributed by atoms with E-state index in [9.17, 15) is 9.18 Å². The Morgan fingerprint density at radius 3 is 3.10 bits per heavy atom. The van der Waals surface area contributed by atoms with Gasteiger partial charge in [0, 0.05) is 30.2 Å². The van der Waals surface area contributed by atoms with Crippen LogP contribution in [0.4, 0.5) is 16.0 Å². The Labute approximate surface area is 162 Å². The highest BCUT2D eigenvalue weighted by molar-refractivity contribution is 6.03. The number of hydrogen-bond acceptors (Lipinski definition) is 8. The summed E-state index contributed by atoms with van der Waals surface area (Å²) in [7, 11) is 0. The van der Waals surface area contributed by atoms with Crippen molar-refractivity contribution in [2.24, 2.45) is 0 Å². The van der Waals surface area contributed by atoms with Crippen molar-refractivity contribution in [2.75, 3.05) is 17.2 Å². The highest BCUT2D eigenvalue weighted by atomic mass is 19.1. The van der Waals surface area contributed by atoms with Crippen molar-refractivity contribution in [3.63, 3.8) is 0 Å². The van der Waals surface area contributed by atoms with Gasteiger partial charge >= 0.3 is 0 Å². The number of anilines is 2. The molecule has 0 saturated carbocycles. The van der Waals surface area contributed by atoms with Crippen LogP contribution in [0.1, 0.15) is 21.7 Å². The molecule has 1 amide bonds. The van der Waals surface area contributed by atoms with Crippen molar-refractivity contribution >= 4 is 23.2 Å². The molecule has 0 saturated heterocycles. The predicted octanol–water partition coefficient (Wildman–Crippen LogP) is 2.05. The number of amides is 1.